The van der Waals surface area contributed by atoms with E-state index in [-0.39, 0.29) is 24.0 Å². The van der Waals surface area contributed by atoms with Gasteiger partial charge in [-0.3, -0.25) is 9.59 Å². The number of carbonyl (C=O) groups is 2. The third kappa shape index (κ3) is 4.58. The van der Waals surface area contributed by atoms with Crippen molar-refractivity contribution in [1.29, 1.82) is 0 Å². The van der Waals surface area contributed by atoms with Crippen LogP contribution in [0.4, 0.5) is 4.79 Å². The summed E-state index contributed by atoms with van der Waals surface area (Å²) in [6.07, 6.45) is 2.18. The van der Waals surface area contributed by atoms with E-state index in [9.17, 15) is 14.4 Å². The van der Waals surface area contributed by atoms with Crippen molar-refractivity contribution in [3.63, 3.8) is 0 Å². The molecule has 0 saturated carbocycles. The summed E-state index contributed by atoms with van der Waals surface area (Å²) >= 11 is 0. The van der Waals surface area contributed by atoms with Gasteiger partial charge in [0.15, 0.2) is 0 Å². The predicted molar refractivity (Wildman–Crippen MR) is 94.3 cm³/mol. The van der Waals surface area contributed by atoms with Gasteiger partial charge in [0.05, 0.1) is 12.2 Å². The van der Waals surface area contributed by atoms with Gasteiger partial charge in [-0.15, -0.1) is 0 Å². The van der Waals surface area contributed by atoms with E-state index in [1.807, 2.05) is 13.8 Å². The molecule has 0 spiro atoms. The van der Waals surface area contributed by atoms with Gasteiger partial charge < -0.3 is 15.1 Å². The third-order valence-electron chi connectivity index (χ3n) is 4.61. The minimum Gasteiger partial charge on any atom is -0.341 e. The molecule has 8 nitrogen and oxygen atoms in total. The van der Waals surface area contributed by atoms with Crippen molar-refractivity contribution in [2.24, 2.45) is 0 Å². The molecule has 2 rings (SSSR count). The summed E-state index contributed by atoms with van der Waals surface area (Å²) in [5, 5.41) is 9.44. The number of nitrogens with one attached hydrogen (secondary N) is 2. The number of aromatic nitrogens is 2. The van der Waals surface area contributed by atoms with Crippen LogP contribution in [0.3, 0.4) is 0 Å². The van der Waals surface area contributed by atoms with Crippen LogP contribution in [0.2, 0.25) is 0 Å². The van der Waals surface area contributed by atoms with Gasteiger partial charge >= 0.3 is 6.03 Å². The molecule has 25 heavy (non-hydrogen) atoms. The largest absolute Gasteiger partial charge is 0.341 e. The monoisotopic (exact) mass is 349 g/mol. The first-order valence-corrected chi connectivity index (χ1v) is 8.85. The fourth-order valence-corrected chi connectivity index (χ4v) is 3.17. The summed E-state index contributed by atoms with van der Waals surface area (Å²) in [7, 11) is 0. The number of amides is 3. The Labute approximate surface area is 147 Å². The van der Waals surface area contributed by atoms with E-state index < -0.39 is 0 Å². The van der Waals surface area contributed by atoms with Crippen LogP contribution in [0, 0.1) is 0 Å². The smallest absolute Gasteiger partial charge is 0.317 e. The molecule has 1 aliphatic rings. The molecule has 0 unspecified atom stereocenters. The van der Waals surface area contributed by atoms with Gasteiger partial charge in [0.25, 0.3) is 5.56 Å². The van der Waals surface area contributed by atoms with Crippen molar-refractivity contribution < 1.29 is 9.59 Å². The summed E-state index contributed by atoms with van der Waals surface area (Å²) < 4.78 is 0. The van der Waals surface area contributed by atoms with E-state index in [0.717, 1.165) is 24.1 Å². The second kappa shape index (κ2) is 8.64. The molecule has 2 heterocycles. The number of rotatable bonds is 4. The molecular weight excluding hydrogens is 322 g/mol. The van der Waals surface area contributed by atoms with Gasteiger partial charge in [0.2, 0.25) is 5.91 Å². The maximum Gasteiger partial charge on any atom is 0.317 e. The number of hydrogen-bond donors (Lipinski definition) is 2. The average molecular weight is 349 g/mol. The van der Waals surface area contributed by atoms with Crippen molar-refractivity contribution in [3.8, 4) is 0 Å². The molecule has 1 aromatic heterocycles. The lowest BCUT2D eigenvalue weighted by Crippen LogP contribution is -2.43. The van der Waals surface area contributed by atoms with Gasteiger partial charge in [-0.05, 0) is 24.8 Å². The summed E-state index contributed by atoms with van der Waals surface area (Å²) in [5.74, 6) is 0.0326. The Morgan fingerprint density at radius 1 is 1.08 bits per heavy atom. The van der Waals surface area contributed by atoms with Crippen molar-refractivity contribution in [3.05, 3.63) is 27.2 Å². The number of nitrogens with zero attached hydrogens (tertiary/aromatic N) is 3. The van der Waals surface area contributed by atoms with E-state index >= 15 is 0 Å². The highest BCUT2D eigenvalue weighted by Gasteiger charge is 2.21. The molecule has 0 atom stereocenters. The molecule has 0 bridgehead atoms. The first kappa shape index (κ1) is 19.0. The molecule has 0 aliphatic carbocycles. The zero-order valence-electron chi connectivity index (χ0n) is 15.2. The van der Waals surface area contributed by atoms with Crippen molar-refractivity contribution in [2.45, 2.75) is 46.6 Å². The van der Waals surface area contributed by atoms with Crippen LogP contribution in [0.25, 0.3) is 0 Å². The van der Waals surface area contributed by atoms with E-state index in [4.69, 9.17) is 0 Å². The summed E-state index contributed by atoms with van der Waals surface area (Å²) in [5.41, 5.74) is 2.08. The van der Waals surface area contributed by atoms with Crippen molar-refractivity contribution in [2.75, 3.05) is 26.2 Å². The molecule has 138 valence electrons. The van der Waals surface area contributed by atoms with Gasteiger partial charge in [-0.2, -0.15) is 5.10 Å². The number of aromatic amines is 1. The Balaban J connectivity index is 2.03. The highest BCUT2D eigenvalue weighted by Crippen LogP contribution is 2.10. The quantitative estimate of drug-likeness (QED) is 0.834. The maximum absolute atomic E-state index is 12.4. The lowest BCUT2D eigenvalue weighted by molar-refractivity contribution is -0.128. The van der Waals surface area contributed by atoms with E-state index in [1.165, 1.54) is 0 Å². The Kier molecular flexibility index (Phi) is 6.55. The molecular formula is C17H27N5O3. The first-order chi connectivity index (χ1) is 12.0. The van der Waals surface area contributed by atoms with Crippen LogP contribution in [0.15, 0.2) is 4.79 Å². The van der Waals surface area contributed by atoms with Crippen LogP contribution >= 0.6 is 0 Å². The third-order valence-corrected chi connectivity index (χ3v) is 4.61. The van der Waals surface area contributed by atoms with Gasteiger partial charge in [0, 0.05) is 38.7 Å². The number of urea groups is 1. The molecule has 2 N–H and O–H groups in total. The Morgan fingerprint density at radius 3 is 2.40 bits per heavy atom. The molecule has 1 saturated heterocycles. The van der Waals surface area contributed by atoms with E-state index in [0.29, 0.717) is 38.2 Å². The number of H-pyrrole nitrogens is 1. The fraction of sp³-hybridized carbons (Fsp3) is 0.647. The van der Waals surface area contributed by atoms with Crippen LogP contribution < -0.4 is 10.9 Å². The summed E-state index contributed by atoms with van der Waals surface area (Å²) in [6.45, 7) is 8.00. The highest BCUT2D eigenvalue weighted by atomic mass is 16.2. The molecule has 8 heteroatoms. The molecule has 1 fully saturated rings. The molecule has 3 amide bonds. The van der Waals surface area contributed by atoms with E-state index in [1.54, 1.807) is 16.7 Å². The second-order valence-electron chi connectivity index (χ2n) is 6.17. The van der Waals surface area contributed by atoms with Crippen molar-refractivity contribution in [1.82, 2.24) is 25.3 Å². The van der Waals surface area contributed by atoms with E-state index in [2.05, 4.69) is 15.5 Å². The molecule has 1 aliphatic heterocycles. The topological polar surface area (TPSA) is 98.4 Å². The lowest BCUT2D eigenvalue weighted by Gasteiger charge is -2.22. The fourth-order valence-electron chi connectivity index (χ4n) is 3.17. The molecule has 0 radical (unpaired) electrons. The maximum atomic E-state index is 12.4. The first-order valence-electron chi connectivity index (χ1n) is 8.85. The van der Waals surface area contributed by atoms with Crippen LogP contribution in [0.1, 0.15) is 44.0 Å². The van der Waals surface area contributed by atoms with Crippen LogP contribution in [-0.2, 0) is 24.2 Å². The van der Waals surface area contributed by atoms with Gasteiger partial charge in [-0.1, -0.05) is 13.8 Å². The average Bonchev–Trinajstić information content (AvgIpc) is 2.86. The Morgan fingerprint density at radius 2 is 1.76 bits per heavy atom. The minimum absolute atomic E-state index is 0.0326. The normalized spacial score (nSPS) is 15.0. The molecule has 1 aromatic rings. The van der Waals surface area contributed by atoms with Crippen LogP contribution in [-0.4, -0.2) is 58.1 Å². The summed E-state index contributed by atoms with van der Waals surface area (Å²) in [4.78, 5) is 39.5. The highest BCUT2D eigenvalue weighted by molar-refractivity contribution is 5.75. The Bertz CT molecular complexity index is 685. The SMILES string of the molecule is CCc1n[nH]c(=O)c(CNC(=O)N2CCCN(C(C)=O)CC2)c1CC. The second-order valence-corrected chi connectivity index (χ2v) is 6.17. The van der Waals surface area contributed by atoms with Gasteiger partial charge in [-0.25, -0.2) is 9.89 Å². The minimum atomic E-state index is -0.257. The number of carbonyl (C=O) groups excluding carboxylic acids is 2. The zero-order valence-corrected chi connectivity index (χ0v) is 15.2. The molecule has 0 aromatic carbocycles. The predicted octanol–water partition coefficient (Wildman–Crippen LogP) is 0.659. The lowest BCUT2D eigenvalue weighted by atomic mass is 10.0. The zero-order chi connectivity index (χ0) is 18.4. The standard InChI is InChI=1S/C17H27N5O3/c1-4-13-14(16(24)20-19-15(13)5-2)11-18-17(25)22-8-6-7-21(9-10-22)12(3)23/h4-11H2,1-3H3,(H,18,25)(H,20,24). The van der Waals surface area contributed by atoms with Gasteiger partial charge in [0.1, 0.15) is 0 Å². The summed E-state index contributed by atoms with van der Waals surface area (Å²) in [6, 6.07) is -0.207. The number of hydrogen-bond acceptors (Lipinski definition) is 4. The van der Waals surface area contributed by atoms with Crippen molar-refractivity contribution >= 4 is 11.9 Å². The number of aryl methyl sites for hydroxylation is 1. The Hall–Kier alpha value is -2.38. The van der Waals surface area contributed by atoms with Crippen LogP contribution in [0.5, 0.6) is 0 Å².